The number of rotatable bonds is 6. The van der Waals surface area contributed by atoms with E-state index in [2.05, 4.69) is 18.8 Å². The Balaban J connectivity index is 1.77. The number of nitrogens with two attached hydrogens (primary N) is 1. The van der Waals surface area contributed by atoms with Crippen LogP contribution in [0.25, 0.3) is 0 Å². The van der Waals surface area contributed by atoms with Gasteiger partial charge in [0, 0.05) is 10.4 Å². The predicted octanol–water partition coefficient (Wildman–Crippen LogP) is 4.46. The van der Waals surface area contributed by atoms with Crippen LogP contribution in [0.5, 0.6) is 0 Å². The highest BCUT2D eigenvalue weighted by Gasteiger charge is 2.31. The van der Waals surface area contributed by atoms with Crippen LogP contribution in [0.2, 0.25) is 0 Å². The van der Waals surface area contributed by atoms with E-state index in [1.54, 1.807) is 11.3 Å². The molecule has 3 heteroatoms. The van der Waals surface area contributed by atoms with Gasteiger partial charge in [-0.05, 0) is 51.4 Å². The number of aryl methyl sites for hydroxylation is 2. The van der Waals surface area contributed by atoms with E-state index in [-0.39, 0.29) is 5.54 Å². The highest BCUT2D eigenvalue weighted by atomic mass is 32.1. The summed E-state index contributed by atoms with van der Waals surface area (Å²) in [5.41, 5.74) is 9.85. The summed E-state index contributed by atoms with van der Waals surface area (Å²) < 4.78 is 0. The molecule has 2 N–H and O–H groups in total. The molecule has 1 fully saturated rings. The molecular formula is C16H28N2S. The number of hydrogen-bond acceptors (Lipinski definition) is 3. The molecule has 0 aromatic carbocycles. The highest BCUT2D eigenvalue weighted by molar-refractivity contribution is 7.09. The van der Waals surface area contributed by atoms with Gasteiger partial charge in [-0.15, -0.1) is 11.3 Å². The van der Waals surface area contributed by atoms with Crippen molar-refractivity contribution < 1.29 is 0 Å². The number of unbranched alkanes of at least 4 members (excludes halogenated alkanes) is 1. The molecule has 1 aromatic rings. The molecule has 0 aliphatic heterocycles. The Labute approximate surface area is 121 Å². The van der Waals surface area contributed by atoms with E-state index in [4.69, 9.17) is 5.73 Å². The van der Waals surface area contributed by atoms with E-state index in [0.29, 0.717) is 0 Å². The largest absolute Gasteiger partial charge is 0.325 e. The minimum atomic E-state index is 0.0964. The maximum absolute atomic E-state index is 6.60. The van der Waals surface area contributed by atoms with E-state index in [1.165, 1.54) is 55.5 Å². The quantitative estimate of drug-likeness (QED) is 0.835. The first-order valence-electron chi connectivity index (χ1n) is 7.81. The van der Waals surface area contributed by atoms with Crippen molar-refractivity contribution in [3.63, 3.8) is 0 Å². The Morgan fingerprint density at radius 2 is 2.16 bits per heavy atom. The topological polar surface area (TPSA) is 38.9 Å². The fraction of sp³-hybridized carbons (Fsp3) is 0.812. The van der Waals surface area contributed by atoms with Gasteiger partial charge in [0.05, 0.1) is 11.2 Å². The zero-order valence-electron chi connectivity index (χ0n) is 12.5. The fourth-order valence-corrected chi connectivity index (χ4v) is 3.99. The minimum absolute atomic E-state index is 0.0964. The van der Waals surface area contributed by atoms with Crippen molar-refractivity contribution in [2.75, 3.05) is 0 Å². The molecule has 2 rings (SSSR count). The fourth-order valence-electron chi connectivity index (χ4n) is 3.21. The van der Waals surface area contributed by atoms with Gasteiger partial charge in [0.1, 0.15) is 0 Å². The molecule has 1 aromatic heterocycles. The van der Waals surface area contributed by atoms with Gasteiger partial charge in [-0.3, -0.25) is 0 Å². The molecule has 1 aliphatic rings. The molecule has 0 atom stereocenters. The summed E-state index contributed by atoms with van der Waals surface area (Å²) in [5, 5.41) is 0. The molecule has 2 nitrogen and oxygen atoms in total. The van der Waals surface area contributed by atoms with Gasteiger partial charge in [0.2, 0.25) is 0 Å². The molecule has 0 amide bonds. The Morgan fingerprint density at radius 3 is 2.74 bits per heavy atom. The van der Waals surface area contributed by atoms with Crippen molar-refractivity contribution in [3.8, 4) is 0 Å². The Hall–Kier alpha value is -0.410. The number of thiazole rings is 1. The SMILES string of the molecule is CCCCC1CCC(N)(CCc2scnc2C)CC1. The van der Waals surface area contributed by atoms with Crippen LogP contribution in [0.4, 0.5) is 0 Å². The Morgan fingerprint density at radius 1 is 1.42 bits per heavy atom. The van der Waals surface area contributed by atoms with Crippen LogP contribution < -0.4 is 5.73 Å². The van der Waals surface area contributed by atoms with Crippen LogP contribution in [-0.2, 0) is 6.42 Å². The van der Waals surface area contributed by atoms with Gasteiger partial charge >= 0.3 is 0 Å². The monoisotopic (exact) mass is 280 g/mol. The van der Waals surface area contributed by atoms with Gasteiger partial charge < -0.3 is 5.73 Å². The van der Waals surface area contributed by atoms with Crippen LogP contribution in [-0.4, -0.2) is 10.5 Å². The summed E-state index contributed by atoms with van der Waals surface area (Å²) in [6.45, 7) is 4.39. The Bertz CT molecular complexity index is 378. The highest BCUT2D eigenvalue weighted by Crippen LogP contribution is 2.36. The molecule has 0 saturated heterocycles. The van der Waals surface area contributed by atoms with Crippen LogP contribution in [0.1, 0.15) is 68.9 Å². The standard InChI is InChI=1S/C16H28N2S/c1-3-4-5-14-6-9-16(17,10-7-14)11-8-15-13(2)18-12-19-15/h12,14H,3-11,17H2,1-2H3. The molecule has 1 aliphatic carbocycles. The zero-order chi connectivity index (χ0) is 13.7. The summed E-state index contributed by atoms with van der Waals surface area (Å²) in [5.74, 6) is 0.946. The van der Waals surface area contributed by atoms with E-state index in [9.17, 15) is 0 Å². The second-order valence-electron chi connectivity index (χ2n) is 6.31. The van der Waals surface area contributed by atoms with Crippen molar-refractivity contribution in [3.05, 3.63) is 16.1 Å². The molecule has 0 unspecified atom stereocenters. The molecule has 1 heterocycles. The second kappa shape index (κ2) is 6.85. The van der Waals surface area contributed by atoms with Gasteiger partial charge in [0.25, 0.3) is 0 Å². The van der Waals surface area contributed by atoms with Crippen LogP contribution in [0.3, 0.4) is 0 Å². The van der Waals surface area contributed by atoms with E-state index < -0.39 is 0 Å². The van der Waals surface area contributed by atoms with Crippen molar-refractivity contribution in [1.29, 1.82) is 0 Å². The second-order valence-corrected chi connectivity index (χ2v) is 7.25. The third-order valence-corrected chi connectivity index (χ3v) is 5.76. The third-order valence-electron chi connectivity index (χ3n) is 4.76. The Kier molecular flexibility index (Phi) is 5.40. The third kappa shape index (κ3) is 4.28. The molecule has 0 bridgehead atoms. The lowest BCUT2D eigenvalue weighted by atomic mass is 9.73. The lowest BCUT2D eigenvalue weighted by Gasteiger charge is -2.37. The van der Waals surface area contributed by atoms with Crippen molar-refractivity contribution in [2.45, 2.75) is 77.2 Å². The minimum Gasteiger partial charge on any atom is -0.325 e. The zero-order valence-corrected chi connectivity index (χ0v) is 13.3. The first-order valence-corrected chi connectivity index (χ1v) is 8.69. The molecule has 0 radical (unpaired) electrons. The van der Waals surface area contributed by atoms with Gasteiger partial charge in [-0.2, -0.15) is 0 Å². The number of aromatic nitrogens is 1. The first kappa shape index (κ1) is 15.0. The molecule has 1 saturated carbocycles. The first-order chi connectivity index (χ1) is 9.13. The lowest BCUT2D eigenvalue weighted by Crippen LogP contribution is -2.43. The molecule has 108 valence electrons. The number of hydrogen-bond donors (Lipinski definition) is 1. The summed E-state index contributed by atoms with van der Waals surface area (Å²) in [7, 11) is 0. The van der Waals surface area contributed by atoms with Gasteiger partial charge in [0.15, 0.2) is 0 Å². The maximum Gasteiger partial charge on any atom is 0.0797 e. The van der Waals surface area contributed by atoms with Crippen LogP contribution in [0.15, 0.2) is 5.51 Å². The normalized spacial score (nSPS) is 27.6. The van der Waals surface area contributed by atoms with Crippen LogP contribution >= 0.6 is 11.3 Å². The summed E-state index contributed by atoms with van der Waals surface area (Å²) in [4.78, 5) is 5.76. The van der Waals surface area contributed by atoms with Crippen molar-refractivity contribution in [2.24, 2.45) is 11.7 Å². The van der Waals surface area contributed by atoms with Crippen molar-refractivity contribution in [1.82, 2.24) is 4.98 Å². The van der Waals surface area contributed by atoms with Gasteiger partial charge in [-0.25, -0.2) is 4.98 Å². The lowest BCUT2D eigenvalue weighted by molar-refractivity contribution is 0.212. The maximum atomic E-state index is 6.60. The molecule has 0 spiro atoms. The summed E-state index contributed by atoms with van der Waals surface area (Å²) in [6, 6.07) is 0. The van der Waals surface area contributed by atoms with E-state index >= 15 is 0 Å². The smallest absolute Gasteiger partial charge is 0.0797 e. The van der Waals surface area contributed by atoms with E-state index in [0.717, 1.165) is 18.8 Å². The van der Waals surface area contributed by atoms with Crippen molar-refractivity contribution >= 4 is 11.3 Å². The summed E-state index contributed by atoms with van der Waals surface area (Å²) in [6.07, 6.45) is 11.5. The predicted molar refractivity (Wildman–Crippen MR) is 83.6 cm³/mol. The average molecular weight is 280 g/mol. The van der Waals surface area contributed by atoms with Gasteiger partial charge in [-0.1, -0.05) is 26.2 Å². The number of nitrogens with zero attached hydrogens (tertiary/aromatic N) is 1. The molecule has 19 heavy (non-hydrogen) atoms. The van der Waals surface area contributed by atoms with E-state index in [1.807, 2.05) is 5.51 Å². The summed E-state index contributed by atoms with van der Waals surface area (Å²) >= 11 is 1.78. The average Bonchev–Trinajstić information content (AvgIpc) is 2.82. The molecular weight excluding hydrogens is 252 g/mol. The van der Waals surface area contributed by atoms with Crippen LogP contribution in [0, 0.1) is 12.8 Å².